The maximum Gasteiger partial charge on any atom is 0.237 e. The smallest absolute Gasteiger partial charge is 0.237 e. The highest BCUT2D eigenvalue weighted by atomic mass is 16.2. The minimum Gasteiger partial charge on any atom is -0.325 e. The van der Waals surface area contributed by atoms with Crippen LogP contribution in [0.4, 0.5) is 5.69 Å². The number of hydrogen-bond donors (Lipinski definition) is 1. The highest BCUT2D eigenvalue weighted by Gasteiger charge is 2.61. The monoisotopic (exact) mass is 244 g/mol. The molecule has 96 valence electrons. The Kier molecular flexibility index (Phi) is 2.33. The Balaban J connectivity index is 2.19. The summed E-state index contributed by atoms with van der Waals surface area (Å²) in [5, 5.41) is 3.06. The van der Waals surface area contributed by atoms with Crippen molar-refractivity contribution in [3.8, 4) is 0 Å². The van der Waals surface area contributed by atoms with E-state index in [0.29, 0.717) is 0 Å². The van der Waals surface area contributed by atoms with Crippen LogP contribution in [-0.2, 0) is 10.2 Å². The maximum atomic E-state index is 12.6. The fraction of sp³-hybridized carbons (Fsp3) is 0.533. The zero-order valence-electron chi connectivity index (χ0n) is 11.3. The van der Waals surface area contributed by atoms with Crippen molar-refractivity contribution >= 4 is 11.6 Å². The molecule has 0 aliphatic carbocycles. The Bertz CT molecular complexity index is 509. The molecule has 3 nitrogen and oxygen atoms in total. The van der Waals surface area contributed by atoms with Crippen molar-refractivity contribution in [3.05, 3.63) is 29.8 Å². The first-order valence-corrected chi connectivity index (χ1v) is 6.70. The zero-order chi connectivity index (χ0) is 13.0. The minimum atomic E-state index is -0.375. The number of para-hydroxylation sites is 1. The van der Waals surface area contributed by atoms with Crippen molar-refractivity contribution in [2.75, 3.05) is 18.4 Å². The van der Waals surface area contributed by atoms with Gasteiger partial charge in [-0.05, 0) is 38.4 Å². The van der Waals surface area contributed by atoms with Crippen LogP contribution in [0.3, 0.4) is 0 Å². The number of rotatable bonds is 1. The molecule has 2 aliphatic rings. The highest BCUT2D eigenvalue weighted by molar-refractivity contribution is 6.07. The summed E-state index contributed by atoms with van der Waals surface area (Å²) in [4.78, 5) is 15.0. The largest absolute Gasteiger partial charge is 0.325 e. The lowest BCUT2D eigenvalue weighted by atomic mass is 9.68. The molecular formula is C15H20N2O. The van der Waals surface area contributed by atoms with Crippen LogP contribution in [0.2, 0.25) is 0 Å². The van der Waals surface area contributed by atoms with Gasteiger partial charge in [-0.2, -0.15) is 0 Å². The molecule has 18 heavy (non-hydrogen) atoms. The molecule has 2 heterocycles. The van der Waals surface area contributed by atoms with E-state index < -0.39 is 0 Å². The van der Waals surface area contributed by atoms with Gasteiger partial charge in [0.15, 0.2) is 0 Å². The van der Waals surface area contributed by atoms with Crippen LogP contribution in [0.15, 0.2) is 24.3 Å². The summed E-state index contributed by atoms with van der Waals surface area (Å²) in [6.45, 7) is 8.55. The molecule has 1 spiro atoms. The Morgan fingerprint density at radius 2 is 2.06 bits per heavy atom. The van der Waals surface area contributed by atoms with E-state index in [9.17, 15) is 4.79 Å². The van der Waals surface area contributed by atoms with E-state index in [1.807, 2.05) is 18.2 Å². The number of nitrogens with zero attached hydrogens (tertiary/aromatic N) is 1. The molecule has 0 saturated carbocycles. The Hall–Kier alpha value is -1.35. The number of likely N-dealkylation sites (tertiary alicyclic amines) is 1. The second-order valence-corrected chi connectivity index (χ2v) is 5.79. The second-order valence-electron chi connectivity index (χ2n) is 5.79. The fourth-order valence-corrected chi connectivity index (χ4v) is 3.88. The third-order valence-electron chi connectivity index (χ3n) is 5.00. The van der Waals surface area contributed by atoms with Gasteiger partial charge in [-0.15, -0.1) is 0 Å². The van der Waals surface area contributed by atoms with Gasteiger partial charge in [0.05, 0.1) is 5.41 Å². The molecule has 0 aromatic heterocycles. The minimum absolute atomic E-state index is 0.127. The van der Waals surface area contributed by atoms with Crippen LogP contribution in [-0.4, -0.2) is 29.4 Å². The lowest BCUT2D eigenvalue weighted by Crippen LogP contribution is -2.54. The highest BCUT2D eigenvalue weighted by Crippen LogP contribution is 2.53. The third-order valence-corrected chi connectivity index (χ3v) is 5.00. The van der Waals surface area contributed by atoms with Crippen LogP contribution >= 0.6 is 0 Å². The van der Waals surface area contributed by atoms with Gasteiger partial charge in [-0.3, -0.25) is 9.69 Å². The van der Waals surface area contributed by atoms with Crippen LogP contribution in [0.5, 0.6) is 0 Å². The normalized spacial score (nSPS) is 29.6. The number of hydrogen-bond acceptors (Lipinski definition) is 2. The van der Waals surface area contributed by atoms with Gasteiger partial charge < -0.3 is 5.32 Å². The van der Waals surface area contributed by atoms with Crippen molar-refractivity contribution < 1.29 is 4.79 Å². The first kappa shape index (κ1) is 11.7. The number of benzene rings is 1. The predicted octanol–water partition coefficient (Wildman–Crippen LogP) is 2.38. The summed E-state index contributed by atoms with van der Waals surface area (Å²) < 4.78 is 0. The Labute approximate surface area is 108 Å². The molecule has 1 atom stereocenters. The van der Waals surface area contributed by atoms with Gasteiger partial charge in [0.25, 0.3) is 0 Å². The van der Waals surface area contributed by atoms with E-state index in [2.05, 4.69) is 37.1 Å². The van der Waals surface area contributed by atoms with Crippen molar-refractivity contribution in [1.82, 2.24) is 4.90 Å². The molecule has 0 radical (unpaired) electrons. The van der Waals surface area contributed by atoms with E-state index in [0.717, 1.165) is 25.2 Å². The molecule has 1 unspecified atom stereocenters. The number of anilines is 1. The maximum absolute atomic E-state index is 12.6. The molecule has 1 aromatic rings. The Morgan fingerprint density at radius 3 is 2.72 bits per heavy atom. The van der Waals surface area contributed by atoms with E-state index in [1.165, 1.54) is 5.56 Å². The van der Waals surface area contributed by atoms with Gasteiger partial charge in [-0.25, -0.2) is 0 Å². The summed E-state index contributed by atoms with van der Waals surface area (Å²) in [7, 11) is 0. The van der Waals surface area contributed by atoms with E-state index in [1.54, 1.807) is 0 Å². The molecule has 2 aliphatic heterocycles. The third kappa shape index (κ3) is 1.15. The quantitative estimate of drug-likeness (QED) is 0.822. The molecule has 3 rings (SSSR count). The summed E-state index contributed by atoms with van der Waals surface area (Å²) in [6, 6.07) is 8.13. The zero-order valence-corrected chi connectivity index (χ0v) is 11.3. The summed E-state index contributed by atoms with van der Waals surface area (Å²) in [6.07, 6.45) is 0.913. The summed E-state index contributed by atoms with van der Waals surface area (Å²) >= 11 is 0. The summed E-state index contributed by atoms with van der Waals surface area (Å²) in [5.41, 5.74) is 1.67. The van der Waals surface area contributed by atoms with Crippen LogP contribution in [0.1, 0.15) is 32.8 Å². The van der Waals surface area contributed by atoms with Gasteiger partial charge in [-0.1, -0.05) is 25.1 Å². The number of fused-ring (bicyclic) bond motifs is 2. The van der Waals surface area contributed by atoms with Crippen LogP contribution in [0.25, 0.3) is 0 Å². The lowest BCUT2D eigenvalue weighted by molar-refractivity contribution is -0.123. The van der Waals surface area contributed by atoms with Crippen molar-refractivity contribution in [2.45, 2.75) is 38.1 Å². The van der Waals surface area contributed by atoms with E-state index in [-0.39, 0.29) is 16.9 Å². The number of amides is 1. The topological polar surface area (TPSA) is 32.3 Å². The molecule has 1 aromatic carbocycles. The van der Waals surface area contributed by atoms with Gasteiger partial charge >= 0.3 is 0 Å². The summed E-state index contributed by atoms with van der Waals surface area (Å²) in [5.74, 6) is 0.171. The fourth-order valence-electron chi connectivity index (χ4n) is 3.88. The van der Waals surface area contributed by atoms with Crippen molar-refractivity contribution in [1.29, 1.82) is 0 Å². The predicted molar refractivity (Wildman–Crippen MR) is 72.7 cm³/mol. The molecule has 3 heteroatoms. The molecular weight excluding hydrogens is 224 g/mol. The van der Waals surface area contributed by atoms with E-state index >= 15 is 0 Å². The number of carbonyl (C=O) groups excluding carboxylic acids is 1. The van der Waals surface area contributed by atoms with Crippen LogP contribution < -0.4 is 5.32 Å². The number of likely N-dealkylation sites (N-methyl/N-ethyl adjacent to an activating group) is 1. The molecule has 0 bridgehead atoms. The second kappa shape index (κ2) is 3.58. The SMILES string of the molecule is CCN1CCC2(C(=O)Nc3ccccc32)C1(C)C. The van der Waals surface area contributed by atoms with Gasteiger partial charge in [0.2, 0.25) is 5.91 Å². The molecule has 1 N–H and O–H groups in total. The van der Waals surface area contributed by atoms with Crippen molar-refractivity contribution in [2.24, 2.45) is 0 Å². The number of nitrogens with one attached hydrogen (secondary N) is 1. The molecule has 1 saturated heterocycles. The lowest BCUT2D eigenvalue weighted by Gasteiger charge is -2.41. The Morgan fingerprint density at radius 1 is 1.33 bits per heavy atom. The van der Waals surface area contributed by atoms with E-state index in [4.69, 9.17) is 0 Å². The number of carbonyl (C=O) groups is 1. The average Bonchev–Trinajstić information content (AvgIpc) is 2.78. The van der Waals surface area contributed by atoms with Crippen LogP contribution in [0, 0.1) is 0 Å². The molecule has 1 amide bonds. The van der Waals surface area contributed by atoms with Crippen molar-refractivity contribution in [3.63, 3.8) is 0 Å². The first-order chi connectivity index (χ1) is 8.54. The average molecular weight is 244 g/mol. The molecule has 1 fully saturated rings. The van der Waals surface area contributed by atoms with Gasteiger partial charge in [0.1, 0.15) is 0 Å². The van der Waals surface area contributed by atoms with Gasteiger partial charge in [0, 0.05) is 17.8 Å². The first-order valence-electron chi connectivity index (χ1n) is 6.70. The standard InChI is InChI=1S/C15H20N2O/c1-4-17-10-9-15(14(17,2)3)11-7-5-6-8-12(11)16-13(15)18/h5-8H,4,9-10H2,1-3H3,(H,16,18).